The fraction of sp³-hybridized carbons (Fsp3) is 0.0714. The summed E-state index contributed by atoms with van der Waals surface area (Å²) < 4.78 is 1.92. The van der Waals surface area contributed by atoms with Crippen LogP contribution in [0.2, 0.25) is 5.02 Å². The van der Waals surface area contributed by atoms with Crippen molar-refractivity contribution in [3.8, 4) is 17.1 Å². The van der Waals surface area contributed by atoms with Crippen molar-refractivity contribution in [2.75, 3.05) is 5.75 Å². The highest BCUT2D eigenvalue weighted by Crippen LogP contribution is 2.28. The minimum absolute atomic E-state index is 0.134. The summed E-state index contributed by atoms with van der Waals surface area (Å²) in [5, 5.41) is 16.6. The zero-order valence-electron chi connectivity index (χ0n) is 19.4. The molecule has 36 heavy (non-hydrogen) atoms. The van der Waals surface area contributed by atoms with Crippen molar-refractivity contribution in [3.63, 3.8) is 0 Å². The van der Waals surface area contributed by atoms with Gasteiger partial charge in [-0.1, -0.05) is 90.1 Å². The number of amides is 1. The smallest absolute Gasteiger partial charge is 0.250 e. The van der Waals surface area contributed by atoms with Crippen molar-refractivity contribution in [2.45, 2.75) is 12.1 Å². The molecule has 1 amide bonds. The van der Waals surface area contributed by atoms with Gasteiger partial charge in [0.1, 0.15) is 0 Å². The molecule has 1 N–H and O–H groups in total. The van der Waals surface area contributed by atoms with E-state index in [1.54, 1.807) is 0 Å². The number of rotatable bonds is 7. The van der Waals surface area contributed by atoms with Gasteiger partial charge in [0.25, 0.3) is 5.91 Å². The molecule has 0 saturated carbocycles. The first kappa shape index (κ1) is 23.8. The van der Waals surface area contributed by atoms with Gasteiger partial charge in [0, 0.05) is 16.3 Å². The largest absolute Gasteiger partial charge is 0.272 e. The van der Waals surface area contributed by atoms with Crippen LogP contribution in [0.1, 0.15) is 12.5 Å². The van der Waals surface area contributed by atoms with E-state index < -0.39 is 0 Å². The molecule has 5 rings (SSSR count). The number of carbonyl (C=O) groups excluding carboxylic acids is 1. The molecule has 0 aliphatic heterocycles. The molecule has 0 atom stereocenters. The highest BCUT2D eigenvalue weighted by atomic mass is 35.5. The monoisotopic (exact) mass is 511 g/mol. The van der Waals surface area contributed by atoms with Gasteiger partial charge in [-0.2, -0.15) is 5.10 Å². The second kappa shape index (κ2) is 10.8. The number of benzene rings is 4. The topological polar surface area (TPSA) is 72.2 Å². The van der Waals surface area contributed by atoms with Crippen LogP contribution >= 0.6 is 23.4 Å². The Morgan fingerprint density at radius 2 is 1.64 bits per heavy atom. The zero-order valence-corrected chi connectivity index (χ0v) is 21.0. The molecule has 0 unspecified atom stereocenters. The van der Waals surface area contributed by atoms with Crippen LogP contribution < -0.4 is 5.43 Å². The first-order valence-corrected chi connectivity index (χ1v) is 12.7. The van der Waals surface area contributed by atoms with Crippen LogP contribution in [0.25, 0.3) is 27.8 Å². The summed E-state index contributed by atoms with van der Waals surface area (Å²) in [6.45, 7) is 1.88. The number of hydrogen-bond donors (Lipinski definition) is 1. The van der Waals surface area contributed by atoms with E-state index in [0.29, 0.717) is 16.0 Å². The van der Waals surface area contributed by atoms with Gasteiger partial charge in [-0.05, 0) is 53.6 Å². The maximum atomic E-state index is 12.6. The molecule has 6 nitrogen and oxygen atoms in total. The van der Waals surface area contributed by atoms with Crippen LogP contribution in [-0.4, -0.2) is 32.1 Å². The third kappa shape index (κ3) is 5.32. The Kier molecular flexibility index (Phi) is 7.11. The van der Waals surface area contributed by atoms with Gasteiger partial charge in [0.15, 0.2) is 11.0 Å². The summed E-state index contributed by atoms with van der Waals surface area (Å²) in [6.07, 6.45) is 0. The predicted molar refractivity (Wildman–Crippen MR) is 147 cm³/mol. The van der Waals surface area contributed by atoms with E-state index in [2.05, 4.69) is 45.0 Å². The van der Waals surface area contributed by atoms with Gasteiger partial charge in [0.2, 0.25) is 0 Å². The summed E-state index contributed by atoms with van der Waals surface area (Å²) in [4.78, 5) is 12.6. The van der Waals surface area contributed by atoms with Gasteiger partial charge < -0.3 is 0 Å². The van der Waals surface area contributed by atoms with Gasteiger partial charge in [0.05, 0.1) is 11.5 Å². The Bertz CT molecular complexity index is 1550. The molecule has 5 aromatic rings. The Hall–Kier alpha value is -3.94. The number of nitrogens with one attached hydrogen (secondary N) is 1. The molecule has 4 aromatic carbocycles. The average molecular weight is 512 g/mol. The lowest BCUT2D eigenvalue weighted by atomic mass is 10.0. The van der Waals surface area contributed by atoms with Crippen molar-refractivity contribution in [2.24, 2.45) is 5.10 Å². The maximum absolute atomic E-state index is 12.6. The molecule has 8 heteroatoms. The highest BCUT2D eigenvalue weighted by Gasteiger charge is 2.17. The van der Waals surface area contributed by atoms with Gasteiger partial charge >= 0.3 is 0 Å². The number of aromatic nitrogens is 3. The van der Waals surface area contributed by atoms with Crippen LogP contribution in [0.3, 0.4) is 0 Å². The zero-order chi connectivity index (χ0) is 24.9. The molecule has 1 aromatic heterocycles. The predicted octanol–water partition coefficient (Wildman–Crippen LogP) is 6.37. The average Bonchev–Trinajstić information content (AvgIpc) is 3.35. The minimum atomic E-state index is -0.230. The fourth-order valence-electron chi connectivity index (χ4n) is 3.75. The second-order valence-corrected chi connectivity index (χ2v) is 9.45. The number of fused-ring (bicyclic) bond motifs is 1. The number of hydrogen-bond acceptors (Lipinski definition) is 5. The molecule has 0 radical (unpaired) electrons. The molecular formula is C28H22ClN5OS. The lowest BCUT2D eigenvalue weighted by Gasteiger charge is -2.10. The number of carbonyl (C=O) groups is 1. The molecular weight excluding hydrogens is 490 g/mol. The van der Waals surface area contributed by atoms with Crippen LogP contribution in [-0.2, 0) is 4.79 Å². The Morgan fingerprint density at radius 1 is 0.917 bits per heavy atom. The normalized spacial score (nSPS) is 11.6. The number of halogens is 1. The fourth-order valence-corrected chi connectivity index (χ4v) is 4.62. The molecule has 0 bridgehead atoms. The van der Waals surface area contributed by atoms with Crippen LogP contribution in [0, 0.1) is 0 Å². The molecule has 0 aliphatic rings. The minimum Gasteiger partial charge on any atom is -0.272 e. The van der Waals surface area contributed by atoms with Crippen molar-refractivity contribution in [1.82, 2.24) is 20.2 Å². The van der Waals surface area contributed by atoms with Crippen molar-refractivity contribution < 1.29 is 4.79 Å². The van der Waals surface area contributed by atoms with Crippen LogP contribution in [0.15, 0.2) is 107 Å². The molecule has 0 spiro atoms. The third-order valence-electron chi connectivity index (χ3n) is 5.60. The SMILES string of the molecule is C/C(=N/NC(=O)CSc1nnc(-c2ccccc2)n1-c1ccc(Cl)cc1)c1ccc2ccccc2c1. The van der Waals surface area contributed by atoms with E-state index in [4.69, 9.17) is 11.6 Å². The first-order chi connectivity index (χ1) is 17.6. The number of nitrogens with zero attached hydrogens (tertiary/aromatic N) is 4. The molecule has 1 heterocycles. The van der Waals surface area contributed by atoms with Crippen LogP contribution in [0.4, 0.5) is 0 Å². The third-order valence-corrected chi connectivity index (χ3v) is 6.78. The molecule has 178 valence electrons. The van der Waals surface area contributed by atoms with E-state index in [1.807, 2.05) is 84.3 Å². The molecule has 0 aliphatic carbocycles. The van der Waals surface area contributed by atoms with Crippen molar-refractivity contribution in [3.05, 3.63) is 108 Å². The van der Waals surface area contributed by atoms with E-state index >= 15 is 0 Å². The lowest BCUT2D eigenvalue weighted by Crippen LogP contribution is -2.21. The van der Waals surface area contributed by atoms with E-state index in [9.17, 15) is 4.79 Å². The van der Waals surface area contributed by atoms with Gasteiger partial charge in [-0.15, -0.1) is 10.2 Å². The van der Waals surface area contributed by atoms with E-state index in [0.717, 1.165) is 33.3 Å². The summed E-state index contributed by atoms with van der Waals surface area (Å²) >= 11 is 7.39. The number of hydrazone groups is 1. The van der Waals surface area contributed by atoms with Gasteiger partial charge in [-0.3, -0.25) is 9.36 Å². The van der Waals surface area contributed by atoms with Crippen molar-refractivity contribution in [1.29, 1.82) is 0 Å². The van der Waals surface area contributed by atoms with Crippen molar-refractivity contribution >= 4 is 45.8 Å². The summed E-state index contributed by atoms with van der Waals surface area (Å²) in [7, 11) is 0. The van der Waals surface area contributed by atoms with Gasteiger partial charge in [-0.25, -0.2) is 5.43 Å². The summed E-state index contributed by atoms with van der Waals surface area (Å²) in [6, 6.07) is 31.5. The Morgan fingerprint density at radius 3 is 2.42 bits per heavy atom. The maximum Gasteiger partial charge on any atom is 0.250 e. The number of thioether (sulfide) groups is 1. The first-order valence-electron chi connectivity index (χ1n) is 11.3. The summed E-state index contributed by atoms with van der Waals surface area (Å²) in [5.41, 5.74) is 6.12. The summed E-state index contributed by atoms with van der Waals surface area (Å²) in [5.74, 6) is 0.590. The second-order valence-electron chi connectivity index (χ2n) is 8.07. The van der Waals surface area contributed by atoms with E-state index in [-0.39, 0.29) is 11.7 Å². The van der Waals surface area contributed by atoms with Crippen LogP contribution in [0.5, 0.6) is 0 Å². The highest BCUT2D eigenvalue weighted by molar-refractivity contribution is 7.99. The molecule has 0 saturated heterocycles. The van der Waals surface area contributed by atoms with E-state index in [1.165, 1.54) is 11.8 Å². The standard InChI is InChI=1S/C28H22ClN5OS/c1-19(22-12-11-20-7-5-6-10-23(20)17-22)30-31-26(35)18-36-28-33-32-27(21-8-3-2-4-9-21)34(28)25-15-13-24(29)14-16-25/h2-17H,18H2,1H3,(H,31,35)/b30-19-. The Balaban J connectivity index is 1.32. The molecule has 0 fully saturated rings. The Labute approximate surface area is 218 Å². The lowest BCUT2D eigenvalue weighted by molar-refractivity contribution is -0.118. The quantitative estimate of drug-likeness (QED) is 0.156.